The van der Waals surface area contributed by atoms with E-state index in [4.69, 9.17) is 14.2 Å². The van der Waals surface area contributed by atoms with Gasteiger partial charge in [0.1, 0.15) is 13.2 Å². The van der Waals surface area contributed by atoms with Gasteiger partial charge < -0.3 is 14.2 Å². The van der Waals surface area contributed by atoms with Gasteiger partial charge in [0.05, 0.1) is 0 Å². The zero-order valence-electron chi connectivity index (χ0n) is 49.2. The molecule has 0 N–H and O–H groups in total. The van der Waals surface area contributed by atoms with Crippen LogP contribution in [-0.4, -0.2) is 37.2 Å². The smallest absolute Gasteiger partial charge is 0.306 e. The van der Waals surface area contributed by atoms with E-state index in [0.29, 0.717) is 19.3 Å². The van der Waals surface area contributed by atoms with Gasteiger partial charge >= 0.3 is 17.9 Å². The topological polar surface area (TPSA) is 78.9 Å². The number of esters is 3. The van der Waals surface area contributed by atoms with Crippen LogP contribution in [0, 0.1) is 0 Å². The molecule has 0 aliphatic carbocycles. The Balaban J connectivity index is 3.99. The van der Waals surface area contributed by atoms with Crippen LogP contribution in [0.25, 0.3) is 0 Å². The third-order valence-corrected chi connectivity index (χ3v) is 15.4. The van der Waals surface area contributed by atoms with Gasteiger partial charge in [0, 0.05) is 19.3 Å². The van der Waals surface area contributed by atoms with E-state index in [2.05, 4.69) is 20.8 Å². The fraction of sp³-hybridized carbons (Fsp3) is 0.955. The second kappa shape index (κ2) is 62.0. The summed E-state index contributed by atoms with van der Waals surface area (Å²) in [6.07, 6.45) is 71.5. The molecule has 0 aliphatic heterocycles. The van der Waals surface area contributed by atoms with Crippen molar-refractivity contribution in [1.29, 1.82) is 0 Å². The number of unbranched alkanes of at least 4 members (excludes halogenated alkanes) is 51. The molecule has 0 aromatic rings. The molecule has 0 aromatic carbocycles. The minimum absolute atomic E-state index is 0.0612. The summed E-state index contributed by atoms with van der Waals surface area (Å²) >= 11 is 0. The van der Waals surface area contributed by atoms with E-state index in [0.717, 1.165) is 57.8 Å². The van der Waals surface area contributed by atoms with Crippen molar-refractivity contribution in [3.63, 3.8) is 0 Å². The highest BCUT2D eigenvalue weighted by molar-refractivity contribution is 5.71. The first-order chi connectivity index (χ1) is 35.5. The Kier molecular flexibility index (Phi) is 60.6. The number of carbonyl (C=O) groups is 3. The number of carbonyl (C=O) groups excluding carboxylic acids is 3. The summed E-state index contributed by atoms with van der Waals surface area (Å²) in [6, 6.07) is 0. The van der Waals surface area contributed by atoms with E-state index in [1.807, 2.05) is 0 Å². The van der Waals surface area contributed by atoms with Crippen LogP contribution in [0.2, 0.25) is 0 Å². The van der Waals surface area contributed by atoms with Crippen molar-refractivity contribution in [1.82, 2.24) is 0 Å². The van der Waals surface area contributed by atoms with Crippen molar-refractivity contribution in [2.75, 3.05) is 13.2 Å². The summed E-state index contributed by atoms with van der Waals surface area (Å²) in [7, 11) is 0. The Bertz CT molecular complexity index is 1080. The average molecular weight is 1020 g/mol. The lowest BCUT2D eigenvalue weighted by atomic mass is 10.0. The molecule has 0 bridgehead atoms. The molecule has 0 aromatic heterocycles. The normalized spacial score (nSPS) is 11.9. The van der Waals surface area contributed by atoms with Crippen molar-refractivity contribution < 1.29 is 28.6 Å². The zero-order chi connectivity index (χ0) is 52.2. The first-order valence-corrected chi connectivity index (χ1v) is 33.0. The van der Waals surface area contributed by atoms with E-state index >= 15 is 0 Å². The largest absolute Gasteiger partial charge is 0.462 e. The van der Waals surface area contributed by atoms with Crippen LogP contribution in [0.4, 0.5) is 0 Å². The van der Waals surface area contributed by atoms with E-state index in [9.17, 15) is 14.4 Å². The quantitative estimate of drug-likeness (QED) is 0.0343. The highest BCUT2D eigenvalue weighted by Crippen LogP contribution is 2.19. The SMILES string of the molecule is CCCCCCCCCCCCCCCCCCCCCCCCCCCCCCCCCC(=O)OCC(COC(=O)CCCCCCCCCCCCC)OC(=O)CCCCCCCCCCCCCC. The highest BCUT2D eigenvalue weighted by atomic mass is 16.6. The van der Waals surface area contributed by atoms with Gasteiger partial charge in [-0.3, -0.25) is 14.4 Å². The van der Waals surface area contributed by atoms with Gasteiger partial charge in [-0.1, -0.05) is 348 Å². The van der Waals surface area contributed by atoms with E-state index < -0.39 is 6.10 Å². The zero-order valence-corrected chi connectivity index (χ0v) is 49.2. The van der Waals surface area contributed by atoms with Gasteiger partial charge in [0.2, 0.25) is 0 Å². The van der Waals surface area contributed by atoms with Gasteiger partial charge in [-0.05, 0) is 19.3 Å². The van der Waals surface area contributed by atoms with Crippen molar-refractivity contribution >= 4 is 17.9 Å². The average Bonchev–Trinajstić information content (AvgIpc) is 3.38. The van der Waals surface area contributed by atoms with E-state index in [1.165, 1.54) is 289 Å². The summed E-state index contributed by atoms with van der Waals surface area (Å²) in [6.45, 7) is 6.70. The maximum Gasteiger partial charge on any atom is 0.306 e. The summed E-state index contributed by atoms with van der Waals surface area (Å²) in [4.78, 5) is 38.1. The Morgan fingerprint density at radius 2 is 0.375 bits per heavy atom. The van der Waals surface area contributed by atoms with Gasteiger partial charge in [0.15, 0.2) is 6.10 Å². The molecule has 0 amide bonds. The number of hydrogen-bond donors (Lipinski definition) is 0. The molecule has 72 heavy (non-hydrogen) atoms. The first-order valence-electron chi connectivity index (χ1n) is 33.0. The molecule has 0 radical (unpaired) electrons. The molecule has 0 rings (SSSR count). The molecule has 428 valence electrons. The molecule has 0 saturated carbocycles. The van der Waals surface area contributed by atoms with Gasteiger partial charge in [-0.15, -0.1) is 0 Å². The molecular weight excluding hydrogens is 889 g/mol. The van der Waals surface area contributed by atoms with Gasteiger partial charge in [-0.25, -0.2) is 0 Å². The fourth-order valence-electron chi connectivity index (χ4n) is 10.4. The van der Waals surface area contributed by atoms with Crippen LogP contribution >= 0.6 is 0 Å². The molecule has 0 fully saturated rings. The Hall–Kier alpha value is -1.59. The third kappa shape index (κ3) is 59.3. The summed E-state index contributed by atoms with van der Waals surface area (Å²) in [5, 5.41) is 0. The predicted octanol–water partition coefficient (Wildman–Crippen LogP) is 22.3. The fourth-order valence-corrected chi connectivity index (χ4v) is 10.4. The summed E-state index contributed by atoms with van der Waals surface area (Å²) < 4.78 is 16.9. The molecule has 1 unspecified atom stereocenters. The molecule has 0 heterocycles. The Morgan fingerprint density at radius 3 is 0.556 bits per heavy atom. The summed E-state index contributed by atoms with van der Waals surface area (Å²) in [5.41, 5.74) is 0. The number of ether oxygens (including phenoxy) is 3. The van der Waals surface area contributed by atoms with Crippen LogP contribution in [-0.2, 0) is 28.6 Å². The predicted molar refractivity (Wildman–Crippen MR) is 312 cm³/mol. The third-order valence-electron chi connectivity index (χ3n) is 15.4. The van der Waals surface area contributed by atoms with E-state index in [-0.39, 0.29) is 31.1 Å². The number of hydrogen-bond acceptors (Lipinski definition) is 6. The van der Waals surface area contributed by atoms with Crippen molar-refractivity contribution in [3.8, 4) is 0 Å². The summed E-state index contributed by atoms with van der Waals surface area (Å²) in [5.74, 6) is -0.832. The lowest BCUT2D eigenvalue weighted by Gasteiger charge is -2.18. The minimum Gasteiger partial charge on any atom is -0.462 e. The van der Waals surface area contributed by atoms with Crippen LogP contribution in [0.5, 0.6) is 0 Å². The second-order valence-corrected chi connectivity index (χ2v) is 22.8. The van der Waals surface area contributed by atoms with Gasteiger partial charge in [-0.2, -0.15) is 0 Å². The monoisotopic (exact) mass is 1020 g/mol. The van der Waals surface area contributed by atoms with Crippen molar-refractivity contribution in [2.45, 2.75) is 393 Å². The molecule has 0 aliphatic rings. The van der Waals surface area contributed by atoms with E-state index in [1.54, 1.807) is 0 Å². The first kappa shape index (κ1) is 70.4. The Morgan fingerprint density at radius 1 is 0.222 bits per heavy atom. The Labute approximate surface area is 450 Å². The standard InChI is InChI=1S/C66H128O6/c1-4-7-10-13-16-19-22-24-25-26-27-28-29-30-31-32-33-34-35-36-37-38-39-40-41-42-45-47-50-53-56-59-65(68)71-62-63(61-70-64(67)58-55-52-49-46-43-21-18-15-12-9-6-3)72-66(69)60-57-54-51-48-44-23-20-17-14-11-8-5-2/h63H,4-62H2,1-3H3. The molecule has 0 spiro atoms. The maximum absolute atomic E-state index is 12.8. The van der Waals surface area contributed by atoms with Crippen LogP contribution in [0.3, 0.4) is 0 Å². The number of rotatable bonds is 62. The lowest BCUT2D eigenvalue weighted by molar-refractivity contribution is -0.167. The van der Waals surface area contributed by atoms with Crippen LogP contribution < -0.4 is 0 Å². The molecule has 1 atom stereocenters. The molecule has 6 nitrogen and oxygen atoms in total. The second-order valence-electron chi connectivity index (χ2n) is 22.8. The van der Waals surface area contributed by atoms with Crippen molar-refractivity contribution in [2.24, 2.45) is 0 Å². The molecular formula is C66H128O6. The van der Waals surface area contributed by atoms with Gasteiger partial charge in [0.25, 0.3) is 0 Å². The maximum atomic E-state index is 12.8. The minimum atomic E-state index is -0.761. The highest BCUT2D eigenvalue weighted by Gasteiger charge is 2.19. The van der Waals surface area contributed by atoms with Crippen LogP contribution in [0.15, 0.2) is 0 Å². The molecule has 0 saturated heterocycles. The van der Waals surface area contributed by atoms with Crippen molar-refractivity contribution in [3.05, 3.63) is 0 Å². The molecule has 6 heteroatoms. The lowest BCUT2D eigenvalue weighted by Crippen LogP contribution is -2.30. The van der Waals surface area contributed by atoms with Crippen LogP contribution in [0.1, 0.15) is 387 Å².